The normalized spacial score (nSPS) is 13.3. The number of nitrogens with zero attached hydrogens (tertiary/aromatic N) is 1. The summed E-state index contributed by atoms with van der Waals surface area (Å²) in [6, 6.07) is 5.69. The molecule has 1 aromatic heterocycles. The second-order valence-electron chi connectivity index (χ2n) is 3.54. The Bertz CT molecular complexity index is 467. The Labute approximate surface area is 96.8 Å². The minimum atomic E-state index is -0.103. The fraction of sp³-hybridized carbons (Fsp3) is 0.364. The molecule has 0 radical (unpaired) electrons. The number of oxazole rings is 1. The van der Waals surface area contributed by atoms with Crippen LogP contribution in [0.25, 0.3) is 11.1 Å². The Balaban J connectivity index is 2.43. The lowest BCUT2D eigenvalue weighted by Gasteiger charge is -2.03. The fourth-order valence-electron chi connectivity index (χ4n) is 1.53. The van der Waals surface area contributed by atoms with E-state index in [-0.39, 0.29) is 6.04 Å². The zero-order chi connectivity index (χ0) is 10.8. The first-order valence-corrected chi connectivity index (χ1v) is 5.82. The van der Waals surface area contributed by atoms with Gasteiger partial charge in [-0.2, -0.15) is 0 Å². The van der Waals surface area contributed by atoms with E-state index in [9.17, 15) is 0 Å². The van der Waals surface area contributed by atoms with Gasteiger partial charge in [-0.25, -0.2) is 4.98 Å². The third-order valence-electron chi connectivity index (χ3n) is 2.30. The summed E-state index contributed by atoms with van der Waals surface area (Å²) in [5, 5.41) is 0. The highest BCUT2D eigenvalue weighted by Gasteiger charge is 2.14. The van der Waals surface area contributed by atoms with Crippen molar-refractivity contribution in [1.29, 1.82) is 0 Å². The van der Waals surface area contributed by atoms with E-state index in [1.54, 1.807) is 0 Å². The molecule has 2 aromatic rings. The molecule has 2 N–H and O–H groups in total. The van der Waals surface area contributed by atoms with Crippen LogP contribution in [0.5, 0.6) is 0 Å². The van der Waals surface area contributed by atoms with Crippen LogP contribution in [0.3, 0.4) is 0 Å². The maximum Gasteiger partial charge on any atom is 0.212 e. The van der Waals surface area contributed by atoms with Gasteiger partial charge in [0.1, 0.15) is 5.52 Å². The minimum Gasteiger partial charge on any atom is -0.438 e. The van der Waals surface area contributed by atoms with Crippen molar-refractivity contribution >= 4 is 27.0 Å². The van der Waals surface area contributed by atoms with E-state index in [0.29, 0.717) is 5.89 Å². The van der Waals surface area contributed by atoms with Gasteiger partial charge >= 0.3 is 0 Å². The summed E-state index contributed by atoms with van der Waals surface area (Å²) < 4.78 is 6.55. The molecular formula is C11H13BrN2O. The molecule has 3 nitrogen and oxygen atoms in total. The molecule has 0 aliphatic heterocycles. The topological polar surface area (TPSA) is 52.0 Å². The van der Waals surface area contributed by atoms with Gasteiger partial charge in [-0.05, 0) is 34.5 Å². The van der Waals surface area contributed by atoms with Gasteiger partial charge in [-0.15, -0.1) is 0 Å². The molecule has 1 atom stereocenters. The lowest BCUT2D eigenvalue weighted by atomic mass is 10.2. The molecule has 0 amide bonds. The Morgan fingerprint density at radius 3 is 3.00 bits per heavy atom. The van der Waals surface area contributed by atoms with Crippen LogP contribution in [0.2, 0.25) is 0 Å². The summed E-state index contributed by atoms with van der Waals surface area (Å²) in [4.78, 5) is 4.37. The van der Waals surface area contributed by atoms with Crippen LogP contribution in [-0.4, -0.2) is 4.98 Å². The Kier molecular flexibility index (Phi) is 3.07. The molecule has 0 aliphatic rings. The molecule has 15 heavy (non-hydrogen) atoms. The highest BCUT2D eigenvalue weighted by Crippen LogP contribution is 2.27. The van der Waals surface area contributed by atoms with Crippen molar-refractivity contribution in [2.24, 2.45) is 5.73 Å². The first kappa shape index (κ1) is 10.6. The smallest absolute Gasteiger partial charge is 0.212 e. The molecule has 0 saturated heterocycles. The van der Waals surface area contributed by atoms with E-state index in [1.165, 1.54) is 0 Å². The van der Waals surface area contributed by atoms with E-state index >= 15 is 0 Å². The lowest BCUT2D eigenvalue weighted by Crippen LogP contribution is -2.09. The van der Waals surface area contributed by atoms with Gasteiger partial charge in [-0.3, -0.25) is 0 Å². The summed E-state index contributed by atoms with van der Waals surface area (Å²) in [7, 11) is 0. The summed E-state index contributed by atoms with van der Waals surface area (Å²) in [6.45, 7) is 2.10. The lowest BCUT2D eigenvalue weighted by molar-refractivity contribution is 0.456. The van der Waals surface area contributed by atoms with Gasteiger partial charge < -0.3 is 10.2 Å². The predicted octanol–water partition coefficient (Wildman–Crippen LogP) is 3.39. The summed E-state index contributed by atoms with van der Waals surface area (Å²) >= 11 is 3.42. The van der Waals surface area contributed by atoms with Gasteiger partial charge in [0.15, 0.2) is 5.58 Å². The number of para-hydroxylation sites is 1. The number of fused-ring (bicyclic) bond motifs is 1. The zero-order valence-electron chi connectivity index (χ0n) is 8.53. The van der Waals surface area contributed by atoms with Crippen molar-refractivity contribution in [2.45, 2.75) is 25.8 Å². The number of hydrogen-bond acceptors (Lipinski definition) is 3. The van der Waals surface area contributed by atoms with Crippen LogP contribution >= 0.6 is 15.9 Å². The van der Waals surface area contributed by atoms with Crippen molar-refractivity contribution in [3.63, 3.8) is 0 Å². The maximum absolute atomic E-state index is 5.95. The molecule has 2 rings (SSSR count). The molecule has 1 unspecified atom stereocenters. The van der Waals surface area contributed by atoms with E-state index in [0.717, 1.165) is 28.4 Å². The second-order valence-corrected chi connectivity index (χ2v) is 4.39. The predicted molar refractivity (Wildman–Crippen MR) is 63.5 cm³/mol. The molecule has 1 aromatic carbocycles. The van der Waals surface area contributed by atoms with Gasteiger partial charge in [0.05, 0.1) is 10.5 Å². The third-order valence-corrected chi connectivity index (χ3v) is 2.92. The highest BCUT2D eigenvalue weighted by atomic mass is 79.9. The number of halogens is 1. The molecule has 80 valence electrons. The number of hydrogen-bond donors (Lipinski definition) is 1. The first-order valence-electron chi connectivity index (χ1n) is 5.03. The fourth-order valence-corrected chi connectivity index (χ4v) is 1.96. The van der Waals surface area contributed by atoms with E-state index in [1.807, 2.05) is 18.2 Å². The zero-order valence-corrected chi connectivity index (χ0v) is 10.1. The maximum atomic E-state index is 5.95. The van der Waals surface area contributed by atoms with Crippen LogP contribution in [-0.2, 0) is 0 Å². The molecule has 0 spiro atoms. The van der Waals surface area contributed by atoms with E-state index < -0.39 is 0 Å². The average Bonchev–Trinajstić information content (AvgIpc) is 2.63. The molecular weight excluding hydrogens is 256 g/mol. The Hall–Kier alpha value is -0.870. The quantitative estimate of drug-likeness (QED) is 0.929. The average molecular weight is 269 g/mol. The Morgan fingerprint density at radius 1 is 1.53 bits per heavy atom. The second kappa shape index (κ2) is 4.33. The standard InChI is InChI=1S/C11H13BrN2O/c1-2-4-8(13)11-14-9-6-3-5-7(12)10(9)15-11/h3,5-6,8H,2,4,13H2,1H3. The first-order chi connectivity index (χ1) is 7.22. The molecule has 0 saturated carbocycles. The monoisotopic (exact) mass is 268 g/mol. The van der Waals surface area contributed by atoms with Crippen LogP contribution < -0.4 is 5.73 Å². The SMILES string of the molecule is CCCC(N)c1nc2cccc(Br)c2o1. The van der Waals surface area contributed by atoms with E-state index in [2.05, 4.69) is 27.8 Å². The number of aromatic nitrogens is 1. The highest BCUT2D eigenvalue weighted by molar-refractivity contribution is 9.10. The molecule has 0 fully saturated rings. The Morgan fingerprint density at radius 2 is 2.33 bits per heavy atom. The van der Waals surface area contributed by atoms with Gasteiger partial charge in [0.25, 0.3) is 0 Å². The third kappa shape index (κ3) is 2.06. The van der Waals surface area contributed by atoms with Gasteiger partial charge in [-0.1, -0.05) is 19.4 Å². The van der Waals surface area contributed by atoms with Crippen molar-refractivity contribution in [1.82, 2.24) is 4.98 Å². The van der Waals surface area contributed by atoms with Crippen molar-refractivity contribution in [3.8, 4) is 0 Å². The minimum absolute atomic E-state index is 0.103. The number of nitrogens with two attached hydrogens (primary N) is 1. The molecule has 0 bridgehead atoms. The number of rotatable bonds is 3. The number of benzene rings is 1. The van der Waals surface area contributed by atoms with Crippen LogP contribution in [0, 0.1) is 0 Å². The van der Waals surface area contributed by atoms with Crippen LogP contribution in [0.1, 0.15) is 31.7 Å². The van der Waals surface area contributed by atoms with Crippen molar-refractivity contribution < 1.29 is 4.42 Å². The van der Waals surface area contributed by atoms with Crippen LogP contribution in [0.4, 0.5) is 0 Å². The van der Waals surface area contributed by atoms with Crippen LogP contribution in [0.15, 0.2) is 27.1 Å². The van der Waals surface area contributed by atoms with Gasteiger partial charge in [0, 0.05) is 0 Å². The summed E-state index contributed by atoms with van der Waals surface area (Å²) in [5.74, 6) is 0.624. The summed E-state index contributed by atoms with van der Waals surface area (Å²) in [5.41, 5.74) is 7.58. The molecule has 4 heteroatoms. The van der Waals surface area contributed by atoms with Gasteiger partial charge in [0.2, 0.25) is 5.89 Å². The van der Waals surface area contributed by atoms with Crippen molar-refractivity contribution in [2.75, 3.05) is 0 Å². The van der Waals surface area contributed by atoms with E-state index in [4.69, 9.17) is 10.2 Å². The van der Waals surface area contributed by atoms with Crippen molar-refractivity contribution in [3.05, 3.63) is 28.6 Å². The largest absolute Gasteiger partial charge is 0.438 e. The molecule has 1 heterocycles. The summed E-state index contributed by atoms with van der Waals surface area (Å²) in [6.07, 6.45) is 1.92. The molecule has 0 aliphatic carbocycles.